The summed E-state index contributed by atoms with van der Waals surface area (Å²) in [6.07, 6.45) is 0.768. The molecule has 0 bridgehead atoms. The number of hydrogen-bond acceptors (Lipinski definition) is 6. The van der Waals surface area contributed by atoms with Gasteiger partial charge < -0.3 is 4.74 Å². The van der Waals surface area contributed by atoms with Gasteiger partial charge in [-0.05, 0) is 51.0 Å². The molecule has 0 spiro atoms. The molecule has 1 aromatic carbocycles. The molecule has 0 saturated carbocycles. The SMILES string of the molecule is CCOC(=O)[C@H](C)Sc1nc2c(c(=O)n1-c1cc(C)cc(C)c1)S[C@@H](C)C2. The van der Waals surface area contributed by atoms with Crippen molar-refractivity contribution in [3.63, 3.8) is 0 Å². The van der Waals surface area contributed by atoms with Crippen LogP contribution in [-0.2, 0) is 16.0 Å². The molecule has 2 aromatic rings. The van der Waals surface area contributed by atoms with E-state index in [0.717, 1.165) is 33.8 Å². The lowest BCUT2D eigenvalue weighted by molar-refractivity contribution is -0.142. The van der Waals surface area contributed by atoms with E-state index in [1.54, 1.807) is 30.2 Å². The van der Waals surface area contributed by atoms with Gasteiger partial charge in [0, 0.05) is 11.7 Å². The Bertz CT molecular complexity index is 919. The van der Waals surface area contributed by atoms with Crippen molar-refractivity contribution in [2.24, 2.45) is 0 Å². The average Bonchev–Trinajstić information content (AvgIpc) is 2.95. The van der Waals surface area contributed by atoms with Crippen LogP contribution in [-0.4, -0.2) is 32.6 Å². The van der Waals surface area contributed by atoms with E-state index in [1.165, 1.54) is 11.8 Å². The lowest BCUT2D eigenvalue weighted by Gasteiger charge is -2.17. The molecule has 1 aromatic heterocycles. The van der Waals surface area contributed by atoms with E-state index in [2.05, 4.69) is 13.0 Å². The van der Waals surface area contributed by atoms with Gasteiger partial charge >= 0.3 is 5.97 Å². The smallest absolute Gasteiger partial charge is 0.319 e. The molecule has 0 saturated heterocycles. The standard InChI is InChI=1S/C20H24N2O3S2/c1-6-25-19(24)14(5)27-20-21-16-10-13(4)26-17(16)18(23)22(20)15-8-11(2)7-12(3)9-15/h7-9,13-14H,6,10H2,1-5H3/t13-,14-/m0/s1. The summed E-state index contributed by atoms with van der Waals surface area (Å²) < 4.78 is 6.76. The highest BCUT2D eigenvalue weighted by Crippen LogP contribution is 2.35. The summed E-state index contributed by atoms with van der Waals surface area (Å²) in [5, 5.41) is 0.424. The van der Waals surface area contributed by atoms with Crippen LogP contribution in [0.3, 0.4) is 0 Å². The fraction of sp³-hybridized carbons (Fsp3) is 0.450. The Balaban J connectivity index is 2.14. The second kappa shape index (κ2) is 8.10. The van der Waals surface area contributed by atoms with Crippen molar-refractivity contribution in [2.75, 3.05) is 6.61 Å². The molecule has 5 nitrogen and oxygen atoms in total. The molecule has 2 heterocycles. The molecule has 1 aliphatic rings. The number of fused-ring (bicyclic) bond motifs is 1. The predicted molar refractivity (Wildman–Crippen MR) is 110 cm³/mol. The summed E-state index contributed by atoms with van der Waals surface area (Å²) in [5.41, 5.74) is 3.71. The second-order valence-electron chi connectivity index (χ2n) is 6.80. The number of nitrogens with zero attached hydrogens (tertiary/aromatic N) is 2. The quantitative estimate of drug-likeness (QED) is 0.427. The molecule has 3 rings (SSSR count). The number of aryl methyl sites for hydroxylation is 2. The van der Waals surface area contributed by atoms with E-state index in [9.17, 15) is 9.59 Å². The number of hydrogen-bond donors (Lipinski definition) is 0. The van der Waals surface area contributed by atoms with Crippen LogP contribution in [0.2, 0.25) is 0 Å². The third kappa shape index (κ3) is 4.24. The largest absolute Gasteiger partial charge is 0.465 e. The number of carbonyl (C=O) groups is 1. The van der Waals surface area contributed by atoms with Crippen molar-refractivity contribution in [1.82, 2.24) is 9.55 Å². The predicted octanol–water partition coefficient (Wildman–Crippen LogP) is 3.93. The van der Waals surface area contributed by atoms with Gasteiger partial charge in [0.25, 0.3) is 5.56 Å². The minimum absolute atomic E-state index is 0.0575. The normalized spacial score (nSPS) is 16.9. The van der Waals surface area contributed by atoms with E-state index >= 15 is 0 Å². The molecule has 0 aliphatic carbocycles. The maximum Gasteiger partial charge on any atom is 0.319 e. The zero-order valence-corrected chi connectivity index (χ0v) is 17.9. The number of benzene rings is 1. The first kappa shape index (κ1) is 20.0. The number of thioether (sulfide) groups is 2. The first-order valence-corrected chi connectivity index (χ1v) is 10.8. The topological polar surface area (TPSA) is 61.2 Å². The van der Waals surface area contributed by atoms with Crippen molar-refractivity contribution >= 4 is 29.5 Å². The Hall–Kier alpha value is -1.73. The molecule has 0 amide bonds. The maximum absolute atomic E-state index is 13.3. The summed E-state index contributed by atoms with van der Waals surface area (Å²) in [6.45, 7) is 10.0. The minimum Gasteiger partial charge on any atom is -0.465 e. The van der Waals surface area contributed by atoms with Crippen LogP contribution < -0.4 is 5.56 Å². The maximum atomic E-state index is 13.3. The van der Waals surface area contributed by atoms with Crippen molar-refractivity contribution in [2.45, 2.75) is 61.6 Å². The lowest BCUT2D eigenvalue weighted by Crippen LogP contribution is -2.26. The molecule has 27 heavy (non-hydrogen) atoms. The van der Waals surface area contributed by atoms with Gasteiger partial charge in [-0.2, -0.15) is 0 Å². The highest BCUT2D eigenvalue weighted by molar-refractivity contribution is 8.00. The van der Waals surface area contributed by atoms with Gasteiger partial charge in [0.2, 0.25) is 0 Å². The molecular formula is C20H24N2O3S2. The fourth-order valence-electron chi connectivity index (χ4n) is 3.15. The monoisotopic (exact) mass is 404 g/mol. The number of rotatable bonds is 5. The van der Waals surface area contributed by atoms with Gasteiger partial charge in [0.1, 0.15) is 5.25 Å². The van der Waals surface area contributed by atoms with E-state index in [-0.39, 0.29) is 11.5 Å². The number of carbonyl (C=O) groups excluding carboxylic acids is 1. The molecule has 0 N–H and O–H groups in total. The lowest BCUT2D eigenvalue weighted by atomic mass is 10.1. The summed E-state index contributed by atoms with van der Waals surface area (Å²) in [4.78, 5) is 30.9. The molecule has 2 atom stereocenters. The Morgan fingerprint density at radius 1 is 1.37 bits per heavy atom. The summed E-state index contributed by atoms with van der Waals surface area (Å²) in [5.74, 6) is -0.299. The highest BCUT2D eigenvalue weighted by Gasteiger charge is 2.28. The van der Waals surface area contributed by atoms with Crippen LogP contribution in [0.15, 0.2) is 33.0 Å². The third-order valence-electron chi connectivity index (χ3n) is 4.25. The Kier molecular flexibility index (Phi) is 6.01. The van der Waals surface area contributed by atoms with E-state index in [4.69, 9.17) is 9.72 Å². The number of esters is 1. The first-order valence-electron chi connectivity index (χ1n) is 9.04. The molecule has 0 unspecified atom stereocenters. The average molecular weight is 405 g/mol. The number of ether oxygens (including phenoxy) is 1. The van der Waals surface area contributed by atoms with Crippen molar-refractivity contribution in [3.8, 4) is 5.69 Å². The molecular weight excluding hydrogens is 380 g/mol. The van der Waals surface area contributed by atoms with Crippen LogP contribution in [0.25, 0.3) is 5.69 Å². The summed E-state index contributed by atoms with van der Waals surface area (Å²) in [7, 11) is 0. The number of aromatic nitrogens is 2. The van der Waals surface area contributed by atoms with Gasteiger partial charge in [-0.1, -0.05) is 24.8 Å². The van der Waals surface area contributed by atoms with Gasteiger partial charge in [-0.15, -0.1) is 11.8 Å². The Morgan fingerprint density at radius 3 is 2.67 bits per heavy atom. The molecule has 1 aliphatic heterocycles. The van der Waals surface area contributed by atoms with Crippen LogP contribution >= 0.6 is 23.5 Å². The zero-order chi connectivity index (χ0) is 19.7. The Labute approximate surface area is 167 Å². The highest BCUT2D eigenvalue weighted by atomic mass is 32.2. The van der Waals surface area contributed by atoms with Crippen LogP contribution in [0.1, 0.15) is 37.6 Å². The third-order valence-corrected chi connectivity index (χ3v) is 6.49. The van der Waals surface area contributed by atoms with Crippen molar-refractivity contribution < 1.29 is 9.53 Å². The molecule has 7 heteroatoms. The van der Waals surface area contributed by atoms with Gasteiger partial charge in [-0.25, -0.2) is 4.98 Å². The molecule has 0 radical (unpaired) electrons. The van der Waals surface area contributed by atoms with Crippen molar-refractivity contribution in [3.05, 3.63) is 45.4 Å². The molecule has 0 fully saturated rings. The van der Waals surface area contributed by atoms with Gasteiger partial charge in [0.15, 0.2) is 5.16 Å². The van der Waals surface area contributed by atoms with E-state index in [0.29, 0.717) is 17.0 Å². The second-order valence-corrected chi connectivity index (χ2v) is 9.56. The fourth-order valence-corrected chi connectivity index (χ4v) is 5.19. The summed E-state index contributed by atoms with van der Waals surface area (Å²) >= 11 is 2.85. The van der Waals surface area contributed by atoms with Crippen LogP contribution in [0.5, 0.6) is 0 Å². The zero-order valence-electron chi connectivity index (χ0n) is 16.2. The van der Waals surface area contributed by atoms with Crippen LogP contribution in [0.4, 0.5) is 0 Å². The van der Waals surface area contributed by atoms with E-state index < -0.39 is 5.25 Å². The van der Waals surface area contributed by atoms with Gasteiger partial charge in [-0.3, -0.25) is 14.2 Å². The van der Waals surface area contributed by atoms with Crippen molar-refractivity contribution in [1.29, 1.82) is 0 Å². The van der Waals surface area contributed by atoms with Gasteiger partial charge in [0.05, 0.1) is 22.9 Å². The minimum atomic E-state index is -0.446. The van der Waals surface area contributed by atoms with Crippen LogP contribution in [0, 0.1) is 13.8 Å². The first-order chi connectivity index (χ1) is 12.8. The summed E-state index contributed by atoms with van der Waals surface area (Å²) in [6, 6.07) is 6.02. The Morgan fingerprint density at radius 2 is 2.04 bits per heavy atom. The van der Waals surface area contributed by atoms with E-state index in [1.807, 2.05) is 26.0 Å². The molecule has 144 valence electrons.